The molecule has 0 spiro atoms. The van der Waals surface area contributed by atoms with E-state index in [-0.39, 0.29) is 17.0 Å². The van der Waals surface area contributed by atoms with Crippen molar-refractivity contribution < 1.29 is 4.74 Å². The minimum atomic E-state index is -0.111. The van der Waals surface area contributed by atoms with Crippen LogP contribution in [0.5, 0.6) is 11.5 Å². The van der Waals surface area contributed by atoms with E-state index < -0.39 is 0 Å². The molecule has 0 aliphatic carbocycles. The fourth-order valence-corrected chi connectivity index (χ4v) is 6.31. The van der Waals surface area contributed by atoms with Gasteiger partial charge in [0.15, 0.2) is 5.75 Å². The summed E-state index contributed by atoms with van der Waals surface area (Å²) in [4.78, 5) is 5.18. The zero-order valence-electron chi connectivity index (χ0n) is 21.6. The minimum Gasteiger partial charge on any atom is -0.454 e. The standard InChI is InChI=1S/C31H34N2O/c1-18-16-17-23-27(20(18)3)33-21(4)32-26-19(2)12-11-15-25(26)34-24-14-10-9-13-22(24)28(32)29(33)31(7,8)30(23,5)6/h9-17,21H,1-8H3/t21-/m1/s1. The van der Waals surface area contributed by atoms with Gasteiger partial charge in [0.25, 0.3) is 0 Å². The van der Waals surface area contributed by atoms with Crippen LogP contribution in [0.15, 0.2) is 60.3 Å². The summed E-state index contributed by atoms with van der Waals surface area (Å²) in [6, 6.07) is 19.6. The summed E-state index contributed by atoms with van der Waals surface area (Å²) in [7, 11) is 0. The molecule has 3 aliphatic rings. The summed E-state index contributed by atoms with van der Waals surface area (Å²) in [6.45, 7) is 18.7. The van der Waals surface area contributed by atoms with Crippen molar-refractivity contribution in [2.75, 3.05) is 9.80 Å². The number of benzene rings is 3. The van der Waals surface area contributed by atoms with Crippen LogP contribution in [0.4, 0.5) is 11.4 Å². The molecule has 3 nitrogen and oxygen atoms in total. The highest BCUT2D eigenvalue weighted by Crippen LogP contribution is 2.63. The maximum Gasteiger partial charge on any atom is 0.151 e. The Hall–Kier alpha value is -3.20. The summed E-state index contributed by atoms with van der Waals surface area (Å²) < 4.78 is 6.59. The number of hydrogen-bond acceptors (Lipinski definition) is 3. The largest absolute Gasteiger partial charge is 0.454 e. The van der Waals surface area contributed by atoms with Crippen LogP contribution in [0.1, 0.15) is 62.4 Å². The van der Waals surface area contributed by atoms with Crippen molar-refractivity contribution in [3.05, 3.63) is 88.1 Å². The summed E-state index contributed by atoms with van der Waals surface area (Å²) in [5.74, 6) is 1.85. The first-order valence-corrected chi connectivity index (χ1v) is 12.4. The topological polar surface area (TPSA) is 15.7 Å². The van der Waals surface area contributed by atoms with E-state index in [9.17, 15) is 0 Å². The van der Waals surface area contributed by atoms with Gasteiger partial charge >= 0.3 is 0 Å². The van der Waals surface area contributed by atoms with Gasteiger partial charge in [-0.05, 0) is 68.1 Å². The van der Waals surface area contributed by atoms with Crippen molar-refractivity contribution in [1.29, 1.82) is 0 Å². The van der Waals surface area contributed by atoms with Crippen LogP contribution < -0.4 is 14.5 Å². The third-order valence-electron chi connectivity index (χ3n) is 9.03. The Bertz CT molecular complexity index is 1390. The van der Waals surface area contributed by atoms with E-state index in [1.807, 2.05) is 0 Å². The smallest absolute Gasteiger partial charge is 0.151 e. The maximum atomic E-state index is 6.59. The highest BCUT2D eigenvalue weighted by molar-refractivity contribution is 5.96. The Morgan fingerprint density at radius 3 is 2.18 bits per heavy atom. The monoisotopic (exact) mass is 450 g/mol. The third-order valence-corrected chi connectivity index (χ3v) is 9.03. The van der Waals surface area contributed by atoms with Gasteiger partial charge in [0.1, 0.15) is 11.9 Å². The van der Waals surface area contributed by atoms with E-state index in [1.165, 1.54) is 50.6 Å². The number of allylic oxidation sites excluding steroid dienone is 1. The van der Waals surface area contributed by atoms with Crippen molar-refractivity contribution in [3.63, 3.8) is 0 Å². The number of rotatable bonds is 0. The Balaban J connectivity index is 1.80. The number of ether oxygens (including phenoxy) is 1. The first-order valence-electron chi connectivity index (χ1n) is 12.4. The van der Waals surface area contributed by atoms with Crippen molar-refractivity contribution in [1.82, 2.24) is 0 Å². The van der Waals surface area contributed by atoms with Crippen LogP contribution in [0, 0.1) is 26.2 Å². The molecule has 3 aliphatic heterocycles. The van der Waals surface area contributed by atoms with Gasteiger partial charge in [0.2, 0.25) is 0 Å². The number of aryl methyl sites for hydroxylation is 2. The lowest BCUT2D eigenvalue weighted by molar-refractivity contribution is 0.233. The Morgan fingerprint density at radius 1 is 0.706 bits per heavy atom. The highest BCUT2D eigenvalue weighted by Gasteiger charge is 2.56. The van der Waals surface area contributed by atoms with Crippen molar-refractivity contribution >= 4 is 17.1 Å². The first-order chi connectivity index (χ1) is 16.1. The predicted molar refractivity (Wildman–Crippen MR) is 142 cm³/mol. The molecule has 174 valence electrons. The second kappa shape index (κ2) is 6.69. The van der Waals surface area contributed by atoms with E-state index in [2.05, 4.69) is 120 Å². The fraction of sp³-hybridized carbons (Fsp3) is 0.355. The lowest BCUT2D eigenvalue weighted by atomic mass is 9.59. The molecule has 0 fully saturated rings. The normalized spacial score (nSPS) is 21.1. The van der Waals surface area contributed by atoms with Gasteiger partial charge in [-0.2, -0.15) is 0 Å². The summed E-state index contributed by atoms with van der Waals surface area (Å²) in [5.41, 5.74) is 11.6. The average Bonchev–Trinajstić information content (AvgIpc) is 2.99. The second-order valence-electron chi connectivity index (χ2n) is 11.2. The van der Waals surface area contributed by atoms with Crippen LogP contribution in [0.2, 0.25) is 0 Å². The number of nitrogens with zero attached hydrogens (tertiary/aromatic N) is 2. The van der Waals surface area contributed by atoms with Gasteiger partial charge in [0, 0.05) is 22.1 Å². The molecule has 0 unspecified atom stereocenters. The Morgan fingerprint density at radius 2 is 1.41 bits per heavy atom. The Kier molecular flexibility index (Phi) is 4.20. The van der Waals surface area contributed by atoms with E-state index in [0.717, 1.165) is 11.5 Å². The molecular formula is C31H34N2O. The highest BCUT2D eigenvalue weighted by atomic mass is 16.5. The molecule has 0 radical (unpaired) electrons. The maximum absolute atomic E-state index is 6.59. The van der Waals surface area contributed by atoms with Crippen molar-refractivity contribution in [2.45, 2.75) is 67.0 Å². The van der Waals surface area contributed by atoms with Crippen molar-refractivity contribution in [2.24, 2.45) is 5.41 Å². The average molecular weight is 451 g/mol. The van der Waals surface area contributed by atoms with E-state index >= 15 is 0 Å². The van der Waals surface area contributed by atoms with Crippen LogP contribution >= 0.6 is 0 Å². The number of para-hydroxylation sites is 2. The quantitative estimate of drug-likeness (QED) is 0.344. The molecule has 0 amide bonds. The predicted octanol–water partition coefficient (Wildman–Crippen LogP) is 8.08. The van der Waals surface area contributed by atoms with Gasteiger partial charge in [-0.25, -0.2) is 0 Å². The molecule has 34 heavy (non-hydrogen) atoms. The van der Waals surface area contributed by atoms with E-state index in [1.54, 1.807) is 0 Å². The number of hydrogen-bond donors (Lipinski definition) is 0. The molecule has 0 bridgehead atoms. The molecule has 3 heteroatoms. The number of fused-ring (bicyclic) bond motifs is 8. The van der Waals surface area contributed by atoms with Gasteiger partial charge in [-0.1, -0.05) is 64.1 Å². The van der Waals surface area contributed by atoms with Gasteiger partial charge < -0.3 is 14.5 Å². The minimum absolute atomic E-state index is 0.0496. The van der Waals surface area contributed by atoms with Crippen LogP contribution in [-0.4, -0.2) is 6.17 Å². The summed E-state index contributed by atoms with van der Waals surface area (Å²) in [6.07, 6.45) is 0.120. The molecule has 0 aromatic heterocycles. The fourth-order valence-electron chi connectivity index (χ4n) is 6.31. The summed E-state index contributed by atoms with van der Waals surface area (Å²) >= 11 is 0. The molecule has 0 saturated carbocycles. The molecular weight excluding hydrogens is 416 g/mol. The summed E-state index contributed by atoms with van der Waals surface area (Å²) in [5, 5.41) is 0. The van der Waals surface area contributed by atoms with Gasteiger partial charge in [-0.3, -0.25) is 0 Å². The molecule has 6 rings (SSSR count). The van der Waals surface area contributed by atoms with Crippen LogP contribution in [0.3, 0.4) is 0 Å². The Labute approximate surface area is 203 Å². The molecule has 3 aromatic carbocycles. The zero-order chi connectivity index (χ0) is 24.2. The SMILES string of the molecule is Cc1ccc2c(c1C)N1C(=C3c4ccccc4Oc4cccc(C)c4N3[C@H]1C)C(C)(C)C2(C)C. The van der Waals surface area contributed by atoms with Crippen LogP contribution in [0.25, 0.3) is 5.70 Å². The van der Waals surface area contributed by atoms with Crippen molar-refractivity contribution in [3.8, 4) is 11.5 Å². The molecule has 3 aromatic rings. The van der Waals surface area contributed by atoms with E-state index in [0.29, 0.717) is 0 Å². The molecule has 1 atom stereocenters. The lowest BCUT2D eigenvalue weighted by Gasteiger charge is -2.53. The van der Waals surface area contributed by atoms with E-state index in [4.69, 9.17) is 4.74 Å². The molecule has 0 saturated heterocycles. The van der Waals surface area contributed by atoms with Crippen LogP contribution in [-0.2, 0) is 5.41 Å². The second-order valence-corrected chi connectivity index (χ2v) is 11.2. The van der Waals surface area contributed by atoms with Gasteiger partial charge in [-0.15, -0.1) is 0 Å². The number of anilines is 2. The third kappa shape index (κ3) is 2.43. The molecule has 0 N–H and O–H groups in total. The first kappa shape index (κ1) is 21.3. The van der Waals surface area contributed by atoms with Gasteiger partial charge in [0.05, 0.1) is 17.1 Å². The molecule has 3 heterocycles. The lowest BCUT2D eigenvalue weighted by Crippen LogP contribution is -2.51. The zero-order valence-corrected chi connectivity index (χ0v) is 21.6.